The molecule has 0 radical (unpaired) electrons. The minimum atomic E-state index is 0.235. The first-order valence-electron chi connectivity index (χ1n) is 7.11. The Morgan fingerprint density at radius 3 is 2.65 bits per heavy atom. The molecule has 0 spiro atoms. The van der Waals surface area contributed by atoms with E-state index >= 15 is 0 Å². The normalized spacial score (nSPS) is 10.3. The Balaban J connectivity index is 1.96. The molecular weight excluding hydrogens is 310 g/mol. The van der Waals surface area contributed by atoms with E-state index in [9.17, 15) is 5.26 Å². The largest absolute Gasteiger partial charge is 0.487 e. The van der Waals surface area contributed by atoms with Crippen LogP contribution in [0.25, 0.3) is 5.69 Å². The average Bonchev–Trinajstić information content (AvgIpc) is 2.89. The van der Waals surface area contributed by atoms with Gasteiger partial charge in [-0.2, -0.15) is 10.4 Å². The Kier molecular flexibility index (Phi) is 4.31. The van der Waals surface area contributed by atoms with Crippen molar-refractivity contribution in [1.29, 1.82) is 5.26 Å². The second-order valence-electron chi connectivity index (χ2n) is 5.01. The lowest BCUT2D eigenvalue weighted by atomic mass is 10.2. The summed E-state index contributed by atoms with van der Waals surface area (Å²) < 4.78 is 7.54. The van der Waals surface area contributed by atoms with Crippen LogP contribution < -0.4 is 4.74 Å². The first-order chi connectivity index (χ1) is 11.2. The van der Waals surface area contributed by atoms with E-state index in [1.807, 2.05) is 49.4 Å². The molecule has 3 rings (SSSR count). The Labute approximate surface area is 139 Å². The van der Waals surface area contributed by atoms with Gasteiger partial charge in [0.15, 0.2) is 0 Å². The maximum Gasteiger partial charge on any atom is 0.132 e. The molecule has 0 fully saturated rings. The number of aryl methyl sites for hydroxylation is 1. The van der Waals surface area contributed by atoms with Gasteiger partial charge in [-0.3, -0.25) is 0 Å². The molecule has 0 saturated heterocycles. The first-order valence-corrected chi connectivity index (χ1v) is 7.49. The fraction of sp³-hybridized carbons (Fsp3) is 0.111. The van der Waals surface area contributed by atoms with Gasteiger partial charge in [0.2, 0.25) is 0 Å². The maximum absolute atomic E-state index is 9.42. The number of hydrogen-bond acceptors (Lipinski definition) is 3. The van der Waals surface area contributed by atoms with Crippen LogP contribution in [0.3, 0.4) is 0 Å². The molecule has 5 heteroatoms. The molecule has 0 aliphatic carbocycles. The molecule has 0 N–H and O–H groups in total. The summed E-state index contributed by atoms with van der Waals surface area (Å²) in [6, 6.07) is 19.1. The highest BCUT2D eigenvalue weighted by atomic mass is 35.5. The molecule has 0 bridgehead atoms. The topological polar surface area (TPSA) is 50.8 Å². The van der Waals surface area contributed by atoms with Crippen molar-refractivity contribution in [2.75, 3.05) is 0 Å². The van der Waals surface area contributed by atoms with Gasteiger partial charge in [0.05, 0.1) is 17.1 Å². The molecule has 0 aliphatic rings. The van der Waals surface area contributed by atoms with Crippen LogP contribution in [0.15, 0.2) is 54.6 Å². The lowest BCUT2D eigenvalue weighted by Gasteiger charge is -2.10. The van der Waals surface area contributed by atoms with E-state index in [4.69, 9.17) is 16.3 Å². The summed E-state index contributed by atoms with van der Waals surface area (Å²) in [5.74, 6) is 0.653. The predicted octanol–water partition coefficient (Wildman–Crippen LogP) is 4.28. The van der Waals surface area contributed by atoms with Crippen molar-refractivity contribution >= 4 is 11.6 Å². The van der Waals surface area contributed by atoms with Crippen LogP contribution in [0.5, 0.6) is 5.75 Å². The second-order valence-corrected chi connectivity index (χ2v) is 5.45. The van der Waals surface area contributed by atoms with Gasteiger partial charge < -0.3 is 4.74 Å². The smallest absolute Gasteiger partial charge is 0.132 e. The highest BCUT2D eigenvalue weighted by Gasteiger charge is 2.16. The number of aromatic nitrogens is 2. The van der Waals surface area contributed by atoms with E-state index in [1.165, 1.54) is 0 Å². The zero-order valence-corrected chi connectivity index (χ0v) is 13.3. The monoisotopic (exact) mass is 323 g/mol. The van der Waals surface area contributed by atoms with E-state index in [0.717, 1.165) is 11.4 Å². The van der Waals surface area contributed by atoms with E-state index in [-0.39, 0.29) is 6.61 Å². The average molecular weight is 324 g/mol. The molecule has 23 heavy (non-hydrogen) atoms. The zero-order valence-electron chi connectivity index (χ0n) is 12.5. The van der Waals surface area contributed by atoms with Crippen LogP contribution in [0, 0.1) is 18.3 Å². The molecular formula is C18H14ClN3O. The van der Waals surface area contributed by atoms with Crippen LogP contribution in [-0.4, -0.2) is 9.78 Å². The van der Waals surface area contributed by atoms with Gasteiger partial charge in [-0.1, -0.05) is 35.9 Å². The standard InChI is InChI=1S/C18H14ClN3O/c1-13-17(11-20)18(12-23-16-9-5-6-14(19)10-16)22(21-13)15-7-3-2-4-8-15/h2-10H,12H2,1H3. The van der Waals surface area contributed by atoms with E-state index < -0.39 is 0 Å². The number of benzene rings is 2. The van der Waals surface area contributed by atoms with Crippen molar-refractivity contribution in [1.82, 2.24) is 9.78 Å². The van der Waals surface area contributed by atoms with Gasteiger partial charge in [0.25, 0.3) is 0 Å². The van der Waals surface area contributed by atoms with Crippen molar-refractivity contribution in [3.63, 3.8) is 0 Å². The van der Waals surface area contributed by atoms with Gasteiger partial charge in [0, 0.05) is 5.02 Å². The molecule has 3 aromatic rings. The van der Waals surface area contributed by atoms with Crippen LogP contribution in [0.2, 0.25) is 5.02 Å². The molecule has 0 atom stereocenters. The van der Waals surface area contributed by atoms with Crippen LogP contribution >= 0.6 is 11.6 Å². The summed E-state index contributed by atoms with van der Waals surface area (Å²) >= 11 is 5.97. The zero-order chi connectivity index (χ0) is 16.2. The van der Waals surface area contributed by atoms with Crippen LogP contribution in [0.4, 0.5) is 0 Å². The van der Waals surface area contributed by atoms with Crippen molar-refractivity contribution < 1.29 is 4.74 Å². The van der Waals surface area contributed by atoms with E-state index in [2.05, 4.69) is 11.2 Å². The van der Waals surface area contributed by atoms with Gasteiger partial charge in [-0.25, -0.2) is 4.68 Å². The fourth-order valence-electron chi connectivity index (χ4n) is 2.35. The van der Waals surface area contributed by atoms with Crippen molar-refractivity contribution in [3.8, 4) is 17.5 Å². The Morgan fingerprint density at radius 1 is 1.17 bits per heavy atom. The molecule has 4 nitrogen and oxygen atoms in total. The van der Waals surface area contributed by atoms with E-state index in [0.29, 0.717) is 22.0 Å². The number of nitrogens with zero attached hydrogens (tertiary/aromatic N) is 3. The van der Waals surface area contributed by atoms with Crippen molar-refractivity contribution in [2.24, 2.45) is 0 Å². The summed E-state index contributed by atoms with van der Waals surface area (Å²) in [5.41, 5.74) is 2.83. The summed E-state index contributed by atoms with van der Waals surface area (Å²) in [4.78, 5) is 0. The van der Waals surface area contributed by atoms with Gasteiger partial charge in [-0.05, 0) is 37.3 Å². The number of nitriles is 1. The summed E-state index contributed by atoms with van der Waals surface area (Å²) in [7, 11) is 0. The number of para-hydroxylation sites is 1. The molecule has 1 heterocycles. The fourth-order valence-corrected chi connectivity index (χ4v) is 2.53. The quantitative estimate of drug-likeness (QED) is 0.720. The van der Waals surface area contributed by atoms with Gasteiger partial charge in [-0.15, -0.1) is 0 Å². The third-order valence-corrected chi connectivity index (χ3v) is 3.68. The summed E-state index contributed by atoms with van der Waals surface area (Å²) in [5, 5.41) is 14.5. The summed E-state index contributed by atoms with van der Waals surface area (Å²) in [6.45, 7) is 2.06. The van der Waals surface area contributed by atoms with E-state index in [1.54, 1.807) is 16.8 Å². The molecule has 0 unspecified atom stereocenters. The highest BCUT2D eigenvalue weighted by Crippen LogP contribution is 2.22. The molecule has 0 saturated carbocycles. The molecule has 1 aromatic heterocycles. The Morgan fingerprint density at radius 2 is 1.96 bits per heavy atom. The minimum Gasteiger partial charge on any atom is -0.487 e. The Hall–Kier alpha value is -2.77. The third kappa shape index (κ3) is 3.20. The van der Waals surface area contributed by atoms with Gasteiger partial charge in [0.1, 0.15) is 24.0 Å². The SMILES string of the molecule is Cc1nn(-c2ccccc2)c(COc2cccc(Cl)c2)c1C#N. The number of halogens is 1. The number of ether oxygens (including phenoxy) is 1. The minimum absolute atomic E-state index is 0.235. The molecule has 114 valence electrons. The second kappa shape index (κ2) is 6.55. The van der Waals surface area contributed by atoms with Crippen molar-refractivity contribution in [2.45, 2.75) is 13.5 Å². The Bertz CT molecular complexity index is 866. The van der Waals surface area contributed by atoms with Crippen LogP contribution in [0.1, 0.15) is 17.0 Å². The first kappa shape index (κ1) is 15.1. The summed E-state index contributed by atoms with van der Waals surface area (Å²) in [6.07, 6.45) is 0. The predicted molar refractivity (Wildman–Crippen MR) is 88.8 cm³/mol. The highest BCUT2D eigenvalue weighted by molar-refractivity contribution is 6.30. The number of hydrogen-bond donors (Lipinski definition) is 0. The van der Waals surface area contributed by atoms with Crippen molar-refractivity contribution in [3.05, 3.63) is 76.6 Å². The molecule has 0 amide bonds. The lowest BCUT2D eigenvalue weighted by molar-refractivity contribution is 0.297. The van der Waals surface area contributed by atoms with Crippen LogP contribution in [-0.2, 0) is 6.61 Å². The molecule has 2 aromatic carbocycles. The third-order valence-electron chi connectivity index (χ3n) is 3.44. The number of rotatable bonds is 4. The molecule has 0 aliphatic heterocycles. The lowest BCUT2D eigenvalue weighted by Crippen LogP contribution is -2.07. The van der Waals surface area contributed by atoms with Gasteiger partial charge >= 0.3 is 0 Å². The maximum atomic E-state index is 9.42.